The van der Waals surface area contributed by atoms with Gasteiger partial charge in [-0.3, -0.25) is 9.59 Å². The predicted molar refractivity (Wildman–Crippen MR) is 98.0 cm³/mol. The zero-order chi connectivity index (χ0) is 18.4. The van der Waals surface area contributed by atoms with Gasteiger partial charge < -0.3 is 10.2 Å². The first-order valence-corrected chi connectivity index (χ1v) is 8.98. The Balaban J connectivity index is 1.69. The highest BCUT2D eigenvalue weighted by atomic mass is 19.1. The third-order valence-electron chi connectivity index (χ3n) is 4.59. The maximum atomic E-state index is 13.3. The maximum absolute atomic E-state index is 13.3. The van der Waals surface area contributed by atoms with Crippen LogP contribution in [0.4, 0.5) is 4.39 Å². The number of likely N-dealkylation sites (tertiary alicyclic amines) is 1. The van der Waals surface area contributed by atoms with Gasteiger partial charge in [-0.1, -0.05) is 42.5 Å². The van der Waals surface area contributed by atoms with E-state index in [1.807, 2.05) is 35.2 Å². The number of nitrogens with zero attached hydrogens (tertiary/aromatic N) is 1. The highest BCUT2D eigenvalue weighted by Gasteiger charge is 2.28. The monoisotopic (exact) mass is 354 g/mol. The molecule has 1 heterocycles. The first-order chi connectivity index (χ1) is 12.6. The second-order valence-electron chi connectivity index (χ2n) is 6.65. The van der Waals surface area contributed by atoms with Crippen molar-refractivity contribution in [2.75, 3.05) is 13.1 Å². The van der Waals surface area contributed by atoms with Gasteiger partial charge in [-0.2, -0.15) is 0 Å². The Morgan fingerprint density at radius 2 is 1.69 bits per heavy atom. The Morgan fingerprint density at radius 3 is 2.38 bits per heavy atom. The summed E-state index contributed by atoms with van der Waals surface area (Å²) in [5, 5.41) is 2.86. The minimum Gasteiger partial charge on any atom is -0.344 e. The van der Waals surface area contributed by atoms with Gasteiger partial charge in [-0.25, -0.2) is 4.39 Å². The molecule has 0 unspecified atom stereocenters. The Labute approximate surface area is 153 Å². The van der Waals surface area contributed by atoms with Crippen molar-refractivity contribution in [3.8, 4) is 0 Å². The molecule has 1 fully saturated rings. The van der Waals surface area contributed by atoms with Gasteiger partial charge in [0.1, 0.15) is 11.9 Å². The zero-order valence-corrected chi connectivity index (χ0v) is 14.7. The molecular formula is C21H23FN2O2. The van der Waals surface area contributed by atoms with Crippen LogP contribution in [0, 0.1) is 5.82 Å². The standard InChI is InChI=1S/C21H23FN2O2/c22-18-10-6-9-17(13-18)15-20(25)23-19(14-16-7-2-1-3-8-16)21(26)24-11-4-5-12-24/h1-3,6-10,13,19H,4-5,11-12,14-15H2,(H,23,25)/t19-/m1/s1. The molecule has 0 bridgehead atoms. The van der Waals surface area contributed by atoms with Gasteiger partial charge in [0.15, 0.2) is 0 Å². The zero-order valence-electron chi connectivity index (χ0n) is 14.7. The van der Waals surface area contributed by atoms with Crippen LogP contribution in [-0.2, 0) is 22.4 Å². The van der Waals surface area contributed by atoms with Gasteiger partial charge in [0.2, 0.25) is 11.8 Å². The van der Waals surface area contributed by atoms with Crippen molar-refractivity contribution in [3.63, 3.8) is 0 Å². The molecule has 1 atom stereocenters. The molecule has 1 N–H and O–H groups in total. The van der Waals surface area contributed by atoms with Gasteiger partial charge in [-0.05, 0) is 36.1 Å². The topological polar surface area (TPSA) is 49.4 Å². The SMILES string of the molecule is O=C(Cc1cccc(F)c1)N[C@H](Cc1ccccc1)C(=O)N1CCCC1. The lowest BCUT2D eigenvalue weighted by atomic mass is 10.0. The average molecular weight is 354 g/mol. The van der Waals surface area contributed by atoms with Crippen molar-refractivity contribution in [1.82, 2.24) is 10.2 Å². The highest BCUT2D eigenvalue weighted by Crippen LogP contribution is 2.13. The average Bonchev–Trinajstić information content (AvgIpc) is 3.16. The third-order valence-corrected chi connectivity index (χ3v) is 4.59. The number of hydrogen-bond donors (Lipinski definition) is 1. The summed E-state index contributed by atoms with van der Waals surface area (Å²) < 4.78 is 13.3. The molecule has 0 radical (unpaired) electrons. The molecule has 0 aliphatic carbocycles. The summed E-state index contributed by atoms with van der Waals surface area (Å²) in [6, 6.07) is 15.0. The fourth-order valence-electron chi connectivity index (χ4n) is 3.29. The summed E-state index contributed by atoms with van der Waals surface area (Å²) in [7, 11) is 0. The molecule has 0 spiro atoms. The molecule has 1 saturated heterocycles. The quantitative estimate of drug-likeness (QED) is 0.867. The van der Waals surface area contributed by atoms with Crippen LogP contribution in [0.15, 0.2) is 54.6 Å². The van der Waals surface area contributed by atoms with E-state index >= 15 is 0 Å². The largest absolute Gasteiger partial charge is 0.344 e. The summed E-state index contributed by atoms with van der Waals surface area (Å²) in [6.07, 6.45) is 2.50. The Hall–Kier alpha value is -2.69. The minimum absolute atomic E-state index is 0.0426. The molecule has 26 heavy (non-hydrogen) atoms. The van der Waals surface area contributed by atoms with E-state index in [-0.39, 0.29) is 24.1 Å². The van der Waals surface area contributed by atoms with Crippen LogP contribution in [0.2, 0.25) is 0 Å². The van der Waals surface area contributed by atoms with Crippen LogP contribution < -0.4 is 5.32 Å². The Bertz CT molecular complexity index is 758. The van der Waals surface area contributed by atoms with E-state index < -0.39 is 6.04 Å². The molecule has 2 aromatic rings. The lowest BCUT2D eigenvalue weighted by Gasteiger charge is -2.24. The van der Waals surface area contributed by atoms with E-state index in [9.17, 15) is 14.0 Å². The van der Waals surface area contributed by atoms with E-state index in [1.54, 1.807) is 12.1 Å². The van der Waals surface area contributed by atoms with E-state index in [1.165, 1.54) is 12.1 Å². The molecule has 0 aromatic heterocycles. The van der Waals surface area contributed by atoms with Crippen LogP contribution >= 0.6 is 0 Å². The Morgan fingerprint density at radius 1 is 1.00 bits per heavy atom. The van der Waals surface area contributed by atoms with E-state index in [0.29, 0.717) is 12.0 Å². The van der Waals surface area contributed by atoms with Crippen LogP contribution in [0.1, 0.15) is 24.0 Å². The van der Waals surface area contributed by atoms with Crippen molar-refractivity contribution in [1.29, 1.82) is 0 Å². The van der Waals surface area contributed by atoms with Crippen LogP contribution in [0.25, 0.3) is 0 Å². The van der Waals surface area contributed by atoms with Crippen molar-refractivity contribution < 1.29 is 14.0 Å². The summed E-state index contributed by atoms with van der Waals surface area (Å²) in [5.74, 6) is -0.688. The summed E-state index contributed by atoms with van der Waals surface area (Å²) >= 11 is 0. The number of carbonyl (C=O) groups is 2. The second kappa shape index (κ2) is 8.61. The van der Waals surface area contributed by atoms with Crippen LogP contribution in [0.5, 0.6) is 0 Å². The third kappa shape index (κ3) is 4.91. The smallest absolute Gasteiger partial charge is 0.245 e. The number of halogens is 1. The van der Waals surface area contributed by atoms with E-state index in [2.05, 4.69) is 5.32 Å². The molecular weight excluding hydrogens is 331 g/mol. The van der Waals surface area contributed by atoms with Gasteiger partial charge in [0.05, 0.1) is 6.42 Å². The molecule has 5 heteroatoms. The number of nitrogens with one attached hydrogen (secondary N) is 1. The summed E-state index contributed by atoms with van der Waals surface area (Å²) in [5.41, 5.74) is 1.59. The number of rotatable bonds is 6. The molecule has 136 valence electrons. The second-order valence-corrected chi connectivity index (χ2v) is 6.65. The maximum Gasteiger partial charge on any atom is 0.245 e. The normalized spacial score (nSPS) is 14.9. The summed E-state index contributed by atoms with van der Waals surface area (Å²) in [4.78, 5) is 27.1. The Kier molecular flexibility index (Phi) is 6.00. The van der Waals surface area contributed by atoms with Crippen molar-refractivity contribution in [3.05, 3.63) is 71.5 Å². The number of benzene rings is 2. The molecule has 3 rings (SSSR count). The van der Waals surface area contributed by atoms with Gasteiger partial charge in [0, 0.05) is 19.5 Å². The lowest BCUT2D eigenvalue weighted by molar-refractivity contribution is -0.135. The van der Waals surface area contributed by atoms with E-state index in [4.69, 9.17) is 0 Å². The van der Waals surface area contributed by atoms with Crippen molar-refractivity contribution in [2.45, 2.75) is 31.7 Å². The van der Waals surface area contributed by atoms with Gasteiger partial charge in [-0.15, -0.1) is 0 Å². The fourth-order valence-corrected chi connectivity index (χ4v) is 3.29. The number of amides is 2. The van der Waals surface area contributed by atoms with Crippen LogP contribution in [-0.4, -0.2) is 35.8 Å². The number of hydrogen-bond acceptors (Lipinski definition) is 2. The van der Waals surface area contributed by atoms with E-state index in [0.717, 1.165) is 31.5 Å². The first kappa shape index (κ1) is 18.1. The van der Waals surface area contributed by atoms with Gasteiger partial charge >= 0.3 is 0 Å². The predicted octanol–water partition coefficient (Wildman–Crippen LogP) is 2.72. The molecule has 2 amide bonds. The first-order valence-electron chi connectivity index (χ1n) is 8.98. The highest BCUT2D eigenvalue weighted by molar-refractivity contribution is 5.88. The number of carbonyl (C=O) groups excluding carboxylic acids is 2. The lowest BCUT2D eigenvalue weighted by Crippen LogP contribution is -2.49. The molecule has 0 saturated carbocycles. The van der Waals surface area contributed by atoms with Crippen LogP contribution in [0.3, 0.4) is 0 Å². The van der Waals surface area contributed by atoms with Gasteiger partial charge in [0.25, 0.3) is 0 Å². The molecule has 1 aliphatic rings. The molecule has 2 aromatic carbocycles. The molecule has 4 nitrogen and oxygen atoms in total. The fraction of sp³-hybridized carbons (Fsp3) is 0.333. The summed E-state index contributed by atoms with van der Waals surface area (Å²) in [6.45, 7) is 1.48. The van der Waals surface area contributed by atoms with Crippen molar-refractivity contribution >= 4 is 11.8 Å². The van der Waals surface area contributed by atoms with Crippen molar-refractivity contribution in [2.24, 2.45) is 0 Å². The molecule has 1 aliphatic heterocycles. The minimum atomic E-state index is -0.600.